The largest absolute Gasteiger partial charge is 0.494 e. The number of amides is 1. The van der Waals surface area contributed by atoms with Crippen molar-refractivity contribution in [2.45, 2.75) is 27.7 Å². The molecular weight excluding hydrogens is 370 g/mol. The molecule has 0 atom stereocenters. The number of carbonyl (C=O) groups excluding carboxylic acids is 1. The van der Waals surface area contributed by atoms with Gasteiger partial charge in [-0.2, -0.15) is 0 Å². The summed E-state index contributed by atoms with van der Waals surface area (Å²) in [5.74, 6) is 0.821. The molecule has 0 saturated heterocycles. The summed E-state index contributed by atoms with van der Waals surface area (Å²) in [6.45, 7) is 8.36. The minimum Gasteiger partial charge on any atom is -0.494 e. The van der Waals surface area contributed by atoms with Gasteiger partial charge >= 0.3 is 0 Å². The number of nitrogens with zero attached hydrogens (tertiary/aromatic N) is 2. The fourth-order valence-corrected chi connectivity index (χ4v) is 3.23. The van der Waals surface area contributed by atoms with Crippen molar-refractivity contribution in [2.24, 2.45) is 0 Å². The highest BCUT2D eigenvalue weighted by molar-refractivity contribution is 6.07. The molecule has 148 valence electrons. The second-order valence-electron chi connectivity index (χ2n) is 6.81. The van der Waals surface area contributed by atoms with Crippen molar-refractivity contribution in [1.82, 2.24) is 10.3 Å². The van der Waals surface area contributed by atoms with E-state index in [1.54, 1.807) is 0 Å². The van der Waals surface area contributed by atoms with Crippen LogP contribution in [0.1, 0.15) is 34.2 Å². The number of rotatable bonds is 5. The minimum atomic E-state index is -0.404. The number of hydrogen-bond acceptors (Lipinski definition) is 6. The van der Waals surface area contributed by atoms with E-state index in [-0.39, 0.29) is 11.6 Å². The van der Waals surface area contributed by atoms with Gasteiger partial charge in [-0.25, -0.2) is 4.63 Å². The molecule has 0 saturated carbocycles. The maximum atomic E-state index is 12.9. The number of aryl methyl sites for hydroxylation is 3. The van der Waals surface area contributed by atoms with Crippen molar-refractivity contribution in [3.63, 3.8) is 0 Å². The summed E-state index contributed by atoms with van der Waals surface area (Å²) < 4.78 is 16.2. The Kier molecular flexibility index (Phi) is 4.80. The predicted octanol–water partition coefficient (Wildman–Crippen LogP) is 5.06. The molecule has 29 heavy (non-hydrogen) atoms. The first-order valence-corrected chi connectivity index (χ1v) is 9.36. The third kappa shape index (κ3) is 3.35. The summed E-state index contributed by atoms with van der Waals surface area (Å²) in [5, 5.41) is 11.4. The summed E-state index contributed by atoms with van der Waals surface area (Å²) in [5.41, 5.74) is 4.80. The molecule has 2 aromatic carbocycles. The van der Waals surface area contributed by atoms with Crippen molar-refractivity contribution in [3.05, 3.63) is 58.8 Å². The predicted molar refractivity (Wildman–Crippen MR) is 109 cm³/mol. The van der Waals surface area contributed by atoms with E-state index in [2.05, 4.69) is 15.6 Å². The maximum absolute atomic E-state index is 12.9. The molecular formula is C22H21N3O4. The highest BCUT2D eigenvalue weighted by Crippen LogP contribution is 2.31. The highest BCUT2D eigenvalue weighted by Gasteiger charge is 2.22. The maximum Gasteiger partial charge on any atom is 0.292 e. The molecule has 4 aromatic rings. The van der Waals surface area contributed by atoms with Crippen LogP contribution in [-0.2, 0) is 0 Å². The van der Waals surface area contributed by atoms with Crippen LogP contribution in [0.25, 0.3) is 22.2 Å². The van der Waals surface area contributed by atoms with E-state index >= 15 is 0 Å². The summed E-state index contributed by atoms with van der Waals surface area (Å²) in [6.07, 6.45) is 0. The number of nitrogens with one attached hydrogen (secondary N) is 1. The third-order valence-electron chi connectivity index (χ3n) is 4.99. The van der Waals surface area contributed by atoms with Gasteiger partial charge in [0.2, 0.25) is 5.82 Å². The summed E-state index contributed by atoms with van der Waals surface area (Å²) in [4.78, 5) is 12.9. The van der Waals surface area contributed by atoms with Crippen LogP contribution in [0.4, 0.5) is 5.82 Å². The number of fused-ring (bicyclic) bond motifs is 1. The van der Waals surface area contributed by atoms with E-state index in [1.165, 1.54) is 0 Å². The van der Waals surface area contributed by atoms with E-state index in [9.17, 15) is 4.79 Å². The second kappa shape index (κ2) is 7.43. The third-order valence-corrected chi connectivity index (χ3v) is 4.99. The molecule has 1 amide bonds. The number of benzene rings is 2. The standard InChI is InChI=1S/C22H21N3O4/c1-5-27-16-9-7-15(8-10-16)18-21(25-29-24-18)23-22(26)20-14(4)17-11-6-12(2)13(3)19(17)28-20/h6-11H,5H2,1-4H3,(H,23,25,26). The first-order chi connectivity index (χ1) is 14.0. The number of ether oxygens (including phenoxy) is 1. The quantitative estimate of drug-likeness (QED) is 0.511. The van der Waals surface area contributed by atoms with E-state index in [1.807, 2.05) is 64.1 Å². The van der Waals surface area contributed by atoms with Crippen LogP contribution in [0.5, 0.6) is 5.75 Å². The van der Waals surface area contributed by atoms with Crippen molar-refractivity contribution < 1.29 is 18.6 Å². The van der Waals surface area contributed by atoms with Gasteiger partial charge in [0.05, 0.1) is 6.61 Å². The normalized spacial score (nSPS) is 11.0. The number of furan rings is 1. The monoisotopic (exact) mass is 391 g/mol. The molecule has 0 aliphatic carbocycles. The lowest BCUT2D eigenvalue weighted by Crippen LogP contribution is -2.13. The molecule has 0 aliphatic heterocycles. The van der Waals surface area contributed by atoms with Crippen LogP contribution in [0.3, 0.4) is 0 Å². The molecule has 2 aromatic heterocycles. The Morgan fingerprint density at radius 2 is 1.79 bits per heavy atom. The zero-order valence-corrected chi connectivity index (χ0v) is 16.7. The van der Waals surface area contributed by atoms with Crippen LogP contribution in [-0.4, -0.2) is 22.8 Å². The number of carbonyl (C=O) groups is 1. The zero-order valence-electron chi connectivity index (χ0n) is 16.7. The highest BCUT2D eigenvalue weighted by atomic mass is 16.6. The van der Waals surface area contributed by atoms with Gasteiger partial charge in [-0.1, -0.05) is 12.1 Å². The van der Waals surface area contributed by atoms with Gasteiger partial charge in [-0.3, -0.25) is 10.1 Å². The molecule has 0 spiro atoms. The molecule has 0 aliphatic rings. The average Bonchev–Trinajstić information content (AvgIpc) is 3.30. The molecule has 7 nitrogen and oxygen atoms in total. The summed E-state index contributed by atoms with van der Waals surface area (Å²) in [6, 6.07) is 11.3. The molecule has 0 unspecified atom stereocenters. The Hall–Kier alpha value is -3.61. The van der Waals surface area contributed by atoms with Gasteiger partial charge in [0.15, 0.2) is 11.5 Å². The Morgan fingerprint density at radius 3 is 2.52 bits per heavy atom. The van der Waals surface area contributed by atoms with Crippen molar-refractivity contribution >= 4 is 22.7 Å². The van der Waals surface area contributed by atoms with E-state index in [0.717, 1.165) is 39.0 Å². The topological polar surface area (TPSA) is 90.4 Å². The van der Waals surface area contributed by atoms with Crippen LogP contribution < -0.4 is 10.1 Å². The molecule has 7 heteroatoms. The fraction of sp³-hybridized carbons (Fsp3) is 0.227. The van der Waals surface area contributed by atoms with Crippen LogP contribution in [0.15, 0.2) is 45.4 Å². The number of anilines is 1. The smallest absolute Gasteiger partial charge is 0.292 e. The fourth-order valence-electron chi connectivity index (χ4n) is 3.23. The van der Waals surface area contributed by atoms with Crippen LogP contribution >= 0.6 is 0 Å². The summed E-state index contributed by atoms with van der Waals surface area (Å²) in [7, 11) is 0. The van der Waals surface area contributed by atoms with E-state index in [0.29, 0.717) is 12.3 Å². The molecule has 2 heterocycles. The molecule has 4 rings (SSSR count). The van der Waals surface area contributed by atoms with Crippen LogP contribution in [0, 0.1) is 20.8 Å². The Labute approximate surface area is 167 Å². The first kappa shape index (κ1) is 18.7. The van der Waals surface area contributed by atoms with Gasteiger partial charge in [0.1, 0.15) is 11.3 Å². The second-order valence-corrected chi connectivity index (χ2v) is 6.81. The number of hydrogen-bond donors (Lipinski definition) is 1. The van der Waals surface area contributed by atoms with Crippen molar-refractivity contribution in [1.29, 1.82) is 0 Å². The van der Waals surface area contributed by atoms with Gasteiger partial charge in [0, 0.05) is 16.5 Å². The lowest BCUT2D eigenvalue weighted by molar-refractivity contribution is 0.0997. The van der Waals surface area contributed by atoms with Gasteiger partial charge in [-0.15, -0.1) is 0 Å². The molecule has 0 radical (unpaired) electrons. The zero-order chi connectivity index (χ0) is 20.5. The van der Waals surface area contributed by atoms with Gasteiger partial charge in [0.25, 0.3) is 5.91 Å². The number of aromatic nitrogens is 2. The lowest BCUT2D eigenvalue weighted by atomic mass is 10.0. The molecule has 0 bridgehead atoms. The van der Waals surface area contributed by atoms with Crippen molar-refractivity contribution in [3.8, 4) is 17.0 Å². The molecule has 1 N–H and O–H groups in total. The van der Waals surface area contributed by atoms with Crippen molar-refractivity contribution in [2.75, 3.05) is 11.9 Å². The van der Waals surface area contributed by atoms with Gasteiger partial charge < -0.3 is 9.15 Å². The van der Waals surface area contributed by atoms with Gasteiger partial charge in [-0.05, 0) is 73.4 Å². The first-order valence-electron chi connectivity index (χ1n) is 9.36. The lowest BCUT2D eigenvalue weighted by Gasteiger charge is -2.04. The SMILES string of the molecule is CCOc1ccc(-c2nonc2NC(=O)c2oc3c(C)c(C)ccc3c2C)cc1. The minimum absolute atomic E-state index is 0.229. The Balaban J connectivity index is 1.63. The average molecular weight is 391 g/mol. The van der Waals surface area contributed by atoms with E-state index < -0.39 is 5.91 Å². The van der Waals surface area contributed by atoms with E-state index in [4.69, 9.17) is 13.8 Å². The summed E-state index contributed by atoms with van der Waals surface area (Å²) >= 11 is 0. The Morgan fingerprint density at radius 1 is 1.03 bits per heavy atom. The Bertz CT molecular complexity index is 1190. The van der Waals surface area contributed by atoms with Crippen LogP contribution in [0.2, 0.25) is 0 Å². The molecule has 0 fully saturated rings.